The summed E-state index contributed by atoms with van der Waals surface area (Å²) in [6.45, 7) is 0. The first-order chi connectivity index (χ1) is 10.1. The van der Waals surface area contributed by atoms with Gasteiger partial charge in [-0.3, -0.25) is 0 Å². The molecule has 21 heavy (non-hydrogen) atoms. The van der Waals surface area contributed by atoms with Gasteiger partial charge in [-0.15, -0.1) is 0 Å². The maximum Gasteiger partial charge on any atom is 0.354 e. The molecule has 3 aromatic rings. The highest BCUT2D eigenvalue weighted by molar-refractivity contribution is 9.10. The van der Waals surface area contributed by atoms with E-state index in [0.29, 0.717) is 5.75 Å². The van der Waals surface area contributed by atoms with E-state index in [1.807, 2.05) is 42.5 Å². The number of carbonyl (C=O) groups is 1. The third-order valence-electron chi connectivity index (χ3n) is 2.97. The van der Waals surface area contributed by atoms with Gasteiger partial charge in [-0.1, -0.05) is 30.3 Å². The quantitative estimate of drug-likeness (QED) is 0.761. The second kappa shape index (κ2) is 5.54. The largest absolute Gasteiger partial charge is 0.477 e. The molecule has 0 aliphatic rings. The van der Waals surface area contributed by atoms with Gasteiger partial charge in [-0.2, -0.15) is 0 Å². The van der Waals surface area contributed by atoms with E-state index in [9.17, 15) is 4.79 Å². The number of halogens is 1. The Labute approximate surface area is 129 Å². The molecule has 2 aromatic carbocycles. The van der Waals surface area contributed by atoms with Crippen molar-refractivity contribution in [2.24, 2.45) is 0 Å². The van der Waals surface area contributed by atoms with E-state index >= 15 is 0 Å². The van der Waals surface area contributed by atoms with Gasteiger partial charge in [-0.25, -0.2) is 9.78 Å². The van der Waals surface area contributed by atoms with Crippen molar-refractivity contribution in [3.8, 4) is 11.6 Å². The molecule has 0 unspecified atom stereocenters. The number of pyridine rings is 1. The minimum absolute atomic E-state index is 0.0456. The summed E-state index contributed by atoms with van der Waals surface area (Å²) in [7, 11) is 0. The van der Waals surface area contributed by atoms with Crippen LogP contribution in [-0.4, -0.2) is 16.1 Å². The van der Waals surface area contributed by atoms with Crippen LogP contribution < -0.4 is 4.74 Å². The number of aromatic nitrogens is 1. The molecule has 4 nitrogen and oxygen atoms in total. The van der Waals surface area contributed by atoms with Gasteiger partial charge in [0, 0.05) is 5.39 Å². The number of aromatic carboxylic acids is 1. The molecule has 3 rings (SSSR count). The van der Waals surface area contributed by atoms with E-state index in [-0.39, 0.29) is 11.6 Å². The number of hydrogen-bond donors (Lipinski definition) is 1. The van der Waals surface area contributed by atoms with Gasteiger partial charge < -0.3 is 9.84 Å². The van der Waals surface area contributed by atoms with Crippen LogP contribution >= 0.6 is 15.9 Å². The van der Waals surface area contributed by atoms with E-state index in [4.69, 9.17) is 9.84 Å². The summed E-state index contributed by atoms with van der Waals surface area (Å²) in [5, 5.41) is 10.7. The van der Waals surface area contributed by atoms with Crippen LogP contribution in [0.3, 0.4) is 0 Å². The maximum absolute atomic E-state index is 11.2. The minimum atomic E-state index is -1.09. The smallest absolute Gasteiger partial charge is 0.354 e. The fourth-order valence-electron chi connectivity index (χ4n) is 1.99. The van der Waals surface area contributed by atoms with Crippen molar-refractivity contribution in [1.29, 1.82) is 0 Å². The van der Waals surface area contributed by atoms with Crippen LogP contribution in [0.4, 0.5) is 0 Å². The lowest BCUT2D eigenvalue weighted by atomic mass is 10.1. The molecule has 0 bridgehead atoms. The van der Waals surface area contributed by atoms with Gasteiger partial charge in [0.2, 0.25) is 5.88 Å². The lowest BCUT2D eigenvalue weighted by molar-refractivity contribution is 0.0690. The first-order valence-corrected chi connectivity index (χ1v) is 7.00. The predicted octanol–water partition coefficient (Wildman–Crippen LogP) is 4.49. The highest BCUT2D eigenvalue weighted by Crippen LogP contribution is 2.32. The molecule has 0 saturated heterocycles. The standard InChI is InChI=1S/C16H10BrNO3/c17-12-7-3-4-8-14(12)21-15-11-6-2-1-5-10(11)9-13(18-15)16(19)20/h1-9H,(H,19,20). The van der Waals surface area contributed by atoms with Crippen molar-refractivity contribution in [2.45, 2.75) is 0 Å². The number of para-hydroxylation sites is 1. The zero-order valence-corrected chi connectivity index (χ0v) is 12.4. The third kappa shape index (κ3) is 2.73. The van der Waals surface area contributed by atoms with Crippen LogP contribution in [-0.2, 0) is 0 Å². The zero-order chi connectivity index (χ0) is 14.8. The molecule has 1 aromatic heterocycles. The van der Waals surface area contributed by atoms with Gasteiger partial charge in [0.1, 0.15) is 5.75 Å². The Morgan fingerprint density at radius 1 is 1.10 bits per heavy atom. The molecule has 0 saturated carbocycles. The van der Waals surface area contributed by atoms with Crippen molar-refractivity contribution >= 4 is 32.7 Å². The first kappa shape index (κ1) is 13.6. The normalized spacial score (nSPS) is 10.5. The summed E-state index contributed by atoms with van der Waals surface area (Å²) >= 11 is 3.40. The third-order valence-corrected chi connectivity index (χ3v) is 3.62. The van der Waals surface area contributed by atoms with Crippen LogP contribution in [0.1, 0.15) is 10.5 Å². The molecule has 1 N–H and O–H groups in total. The van der Waals surface area contributed by atoms with Gasteiger partial charge in [0.05, 0.1) is 4.47 Å². The van der Waals surface area contributed by atoms with E-state index < -0.39 is 5.97 Å². The van der Waals surface area contributed by atoms with E-state index in [1.54, 1.807) is 6.07 Å². The molecule has 104 valence electrons. The van der Waals surface area contributed by atoms with Crippen molar-refractivity contribution in [3.63, 3.8) is 0 Å². The number of ether oxygens (including phenoxy) is 1. The topological polar surface area (TPSA) is 59.4 Å². The van der Waals surface area contributed by atoms with Gasteiger partial charge in [-0.05, 0) is 45.6 Å². The van der Waals surface area contributed by atoms with Gasteiger partial charge in [0.25, 0.3) is 0 Å². The second-order valence-electron chi connectivity index (χ2n) is 4.37. The molecular weight excluding hydrogens is 334 g/mol. The maximum atomic E-state index is 11.2. The summed E-state index contributed by atoms with van der Waals surface area (Å²) in [5.74, 6) is -0.229. The fourth-order valence-corrected chi connectivity index (χ4v) is 2.35. The highest BCUT2D eigenvalue weighted by atomic mass is 79.9. The Morgan fingerprint density at radius 3 is 2.57 bits per heavy atom. The summed E-state index contributed by atoms with van der Waals surface area (Å²) in [4.78, 5) is 15.3. The number of benzene rings is 2. The molecule has 1 heterocycles. The lowest BCUT2D eigenvalue weighted by Crippen LogP contribution is -2.02. The monoisotopic (exact) mass is 343 g/mol. The van der Waals surface area contributed by atoms with Crippen LogP contribution in [0, 0.1) is 0 Å². The zero-order valence-electron chi connectivity index (χ0n) is 10.8. The first-order valence-electron chi connectivity index (χ1n) is 6.20. The molecule has 5 heteroatoms. The van der Waals surface area contributed by atoms with Gasteiger partial charge >= 0.3 is 5.97 Å². The Morgan fingerprint density at radius 2 is 1.81 bits per heavy atom. The number of carboxylic acid groups (broad SMARTS) is 1. The number of nitrogens with zero attached hydrogens (tertiary/aromatic N) is 1. The van der Waals surface area contributed by atoms with E-state index in [2.05, 4.69) is 20.9 Å². The molecule has 0 atom stereocenters. The number of carboxylic acids is 1. The molecule has 0 aliphatic carbocycles. The Hall–Kier alpha value is -2.40. The average Bonchev–Trinajstić information content (AvgIpc) is 2.49. The molecule has 0 aliphatic heterocycles. The van der Waals surface area contributed by atoms with Crippen LogP contribution in [0.5, 0.6) is 11.6 Å². The van der Waals surface area contributed by atoms with E-state index in [0.717, 1.165) is 15.2 Å². The number of hydrogen-bond acceptors (Lipinski definition) is 3. The van der Waals surface area contributed by atoms with Gasteiger partial charge in [0.15, 0.2) is 5.69 Å². The van der Waals surface area contributed by atoms with Crippen LogP contribution in [0.25, 0.3) is 10.8 Å². The number of fused-ring (bicyclic) bond motifs is 1. The Bertz CT molecular complexity index is 833. The Kier molecular flexibility index (Phi) is 3.58. The lowest BCUT2D eigenvalue weighted by Gasteiger charge is -2.10. The van der Waals surface area contributed by atoms with Crippen molar-refractivity contribution in [2.75, 3.05) is 0 Å². The Balaban J connectivity index is 2.16. The van der Waals surface area contributed by atoms with Crippen molar-refractivity contribution < 1.29 is 14.6 Å². The highest BCUT2D eigenvalue weighted by Gasteiger charge is 2.13. The van der Waals surface area contributed by atoms with Crippen molar-refractivity contribution in [3.05, 3.63) is 64.8 Å². The fraction of sp³-hybridized carbons (Fsp3) is 0. The van der Waals surface area contributed by atoms with Crippen LogP contribution in [0.2, 0.25) is 0 Å². The summed E-state index contributed by atoms with van der Waals surface area (Å²) in [6.07, 6.45) is 0. The number of rotatable bonds is 3. The van der Waals surface area contributed by atoms with Crippen molar-refractivity contribution in [1.82, 2.24) is 4.98 Å². The summed E-state index contributed by atoms with van der Waals surface area (Å²) in [6, 6.07) is 16.3. The molecular formula is C16H10BrNO3. The summed E-state index contributed by atoms with van der Waals surface area (Å²) in [5.41, 5.74) is -0.0456. The van der Waals surface area contributed by atoms with E-state index in [1.165, 1.54) is 6.07 Å². The minimum Gasteiger partial charge on any atom is -0.477 e. The molecule has 0 amide bonds. The SMILES string of the molecule is O=C(O)c1cc2ccccc2c(Oc2ccccc2Br)n1. The summed E-state index contributed by atoms with van der Waals surface area (Å²) < 4.78 is 6.57. The molecule has 0 radical (unpaired) electrons. The molecule has 0 fully saturated rings. The second-order valence-corrected chi connectivity index (χ2v) is 5.23. The van der Waals surface area contributed by atoms with Crippen LogP contribution in [0.15, 0.2) is 59.1 Å². The molecule has 0 spiro atoms. The predicted molar refractivity (Wildman–Crippen MR) is 82.9 cm³/mol. The average molecular weight is 344 g/mol.